The number of hydrogen-bond acceptors (Lipinski definition) is 4. The van der Waals surface area contributed by atoms with Gasteiger partial charge in [0.15, 0.2) is 5.78 Å². The summed E-state index contributed by atoms with van der Waals surface area (Å²) < 4.78 is 0. The highest BCUT2D eigenvalue weighted by atomic mass is 16.1. The van der Waals surface area contributed by atoms with E-state index >= 15 is 0 Å². The molecule has 4 heteroatoms. The van der Waals surface area contributed by atoms with Gasteiger partial charge in [0.1, 0.15) is 5.69 Å². The van der Waals surface area contributed by atoms with Crippen molar-refractivity contribution in [2.75, 3.05) is 32.1 Å². The molecule has 0 saturated carbocycles. The molecular formula is C14H21N3O. The zero-order valence-corrected chi connectivity index (χ0v) is 11.4. The fourth-order valence-corrected chi connectivity index (χ4v) is 2.45. The molecule has 1 aromatic rings. The number of rotatable bonds is 4. The fraction of sp³-hybridized carbons (Fsp3) is 0.571. The molecule has 1 saturated heterocycles. The molecule has 1 atom stereocenters. The van der Waals surface area contributed by atoms with Gasteiger partial charge in [-0.1, -0.05) is 0 Å². The Bertz CT molecular complexity index is 416. The summed E-state index contributed by atoms with van der Waals surface area (Å²) in [4.78, 5) is 20.0. The third-order valence-electron chi connectivity index (χ3n) is 3.71. The maximum absolute atomic E-state index is 11.2. The molecule has 0 spiro atoms. The molecule has 1 fully saturated rings. The minimum Gasteiger partial charge on any atom is -0.372 e. The van der Waals surface area contributed by atoms with E-state index in [9.17, 15) is 4.79 Å². The highest BCUT2D eigenvalue weighted by Gasteiger charge is 2.22. The predicted molar refractivity (Wildman–Crippen MR) is 73.2 cm³/mol. The van der Waals surface area contributed by atoms with E-state index in [2.05, 4.69) is 28.9 Å². The summed E-state index contributed by atoms with van der Waals surface area (Å²) in [5, 5.41) is 0. The van der Waals surface area contributed by atoms with Gasteiger partial charge in [-0.25, -0.2) is 0 Å². The second-order valence-electron chi connectivity index (χ2n) is 5.12. The topological polar surface area (TPSA) is 36.4 Å². The monoisotopic (exact) mass is 247 g/mol. The summed E-state index contributed by atoms with van der Waals surface area (Å²) in [6, 6.07) is 4.40. The zero-order valence-electron chi connectivity index (χ0n) is 11.4. The number of likely N-dealkylation sites (tertiary alicyclic amines) is 1. The molecule has 4 nitrogen and oxygen atoms in total. The summed E-state index contributed by atoms with van der Waals surface area (Å²) in [6.07, 6.45) is 4.34. The lowest BCUT2D eigenvalue weighted by atomic mass is 10.2. The van der Waals surface area contributed by atoms with E-state index in [1.54, 1.807) is 19.2 Å². The third-order valence-corrected chi connectivity index (χ3v) is 3.71. The van der Waals surface area contributed by atoms with Crippen molar-refractivity contribution in [3.63, 3.8) is 0 Å². The zero-order chi connectivity index (χ0) is 13.1. The van der Waals surface area contributed by atoms with E-state index in [1.165, 1.54) is 19.4 Å². The van der Waals surface area contributed by atoms with E-state index in [4.69, 9.17) is 0 Å². The van der Waals surface area contributed by atoms with Gasteiger partial charge in [0.25, 0.3) is 0 Å². The lowest BCUT2D eigenvalue weighted by Gasteiger charge is -2.27. The summed E-state index contributed by atoms with van der Waals surface area (Å²) >= 11 is 0. The average molecular weight is 247 g/mol. The number of carbonyl (C=O) groups excluding carboxylic acids is 1. The van der Waals surface area contributed by atoms with Crippen molar-refractivity contribution in [1.29, 1.82) is 0 Å². The lowest BCUT2D eigenvalue weighted by molar-refractivity contribution is 0.101. The molecule has 0 aliphatic carbocycles. The number of pyridine rings is 1. The summed E-state index contributed by atoms with van der Waals surface area (Å²) in [6.45, 7) is 3.75. The third kappa shape index (κ3) is 2.88. The van der Waals surface area contributed by atoms with E-state index in [0.29, 0.717) is 11.7 Å². The summed E-state index contributed by atoms with van der Waals surface area (Å²) in [5.41, 5.74) is 1.60. The van der Waals surface area contributed by atoms with E-state index in [0.717, 1.165) is 12.2 Å². The van der Waals surface area contributed by atoms with Gasteiger partial charge < -0.3 is 9.80 Å². The van der Waals surface area contributed by atoms with Crippen LogP contribution < -0.4 is 4.90 Å². The Kier molecular flexibility index (Phi) is 3.97. The van der Waals surface area contributed by atoms with Gasteiger partial charge in [0, 0.05) is 26.6 Å². The second-order valence-corrected chi connectivity index (χ2v) is 5.12. The van der Waals surface area contributed by atoms with Crippen LogP contribution in [-0.4, -0.2) is 48.9 Å². The van der Waals surface area contributed by atoms with Gasteiger partial charge in [0.05, 0.1) is 11.9 Å². The molecule has 1 aliphatic heterocycles. The van der Waals surface area contributed by atoms with Gasteiger partial charge in [0.2, 0.25) is 0 Å². The van der Waals surface area contributed by atoms with E-state index in [1.807, 2.05) is 6.07 Å². The van der Waals surface area contributed by atoms with Crippen LogP contribution in [0.2, 0.25) is 0 Å². The van der Waals surface area contributed by atoms with Gasteiger partial charge in [-0.05, 0) is 38.6 Å². The van der Waals surface area contributed by atoms with Gasteiger partial charge >= 0.3 is 0 Å². The first-order chi connectivity index (χ1) is 8.58. The molecule has 1 aromatic heterocycles. The summed E-state index contributed by atoms with van der Waals surface area (Å²) in [7, 11) is 4.26. The SMILES string of the molecule is CC(=O)c1ccc(N(C)CC2CCCN2C)cn1. The number of ketones is 1. The second kappa shape index (κ2) is 5.48. The number of aromatic nitrogens is 1. The van der Waals surface area contributed by atoms with Crippen molar-refractivity contribution < 1.29 is 4.79 Å². The molecule has 1 aliphatic rings. The Morgan fingerprint density at radius 3 is 2.83 bits per heavy atom. The van der Waals surface area contributed by atoms with Crippen LogP contribution in [0.25, 0.3) is 0 Å². The van der Waals surface area contributed by atoms with Crippen LogP contribution in [0, 0.1) is 0 Å². The first kappa shape index (κ1) is 13.0. The largest absolute Gasteiger partial charge is 0.372 e. The summed E-state index contributed by atoms with van der Waals surface area (Å²) in [5.74, 6) is 0.0136. The van der Waals surface area contributed by atoms with Crippen LogP contribution in [0.15, 0.2) is 18.3 Å². The molecule has 2 rings (SSSR count). The van der Waals surface area contributed by atoms with Crippen LogP contribution in [0.5, 0.6) is 0 Å². The molecule has 0 amide bonds. The molecule has 1 unspecified atom stereocenters. The Morgan fingerprint density at radius 1 is 1.56 bits per heavy atom. The first-order valence-corrected chi connectivity index (χ1v) is 6.46. The number of likely N-dealkylation sites (N-methyl/N-ethyl adjacent to an activating group) is 2. The Hall–Kier alpha value is -1.42. The van der Waals surface area contributed by atoms with E-state index < -0.39 is 0 Å². The van der Waals surface area contributed by atoms with Gasteiger partial charge in [-0.2, -0.15) is 0 Å². The lowest BCUT2D eigenvalue weighted by Crippen LogP contribution is -2.36. The Labute approximate surface area is 109 Å². The highest BCUT2D eigenvalue weighted by Crippen LogP contribution is 2.19. The number of hydrogen-bond donors (Lipinski definition) is 0. The molecule has 18 heavy (non-hydrogen) atoms. The van der Waals surface area contributed by atoms with Crippen molar-refractivity contribution in [3.8, 4) is 0 Å². The molecule has 0 bridgehead atoms. The number of Topliss-reactive ketones (excluding diaryl/α,β-unsaturated/α-hetero) is 1. The normalized spacial score (nSPS) is 20.1. The highest BCUT2D eigenvalue weighted by molar-refractivity contribution is 5.92. The standard InChI is InChI=1S/C14H21N3O/c1-11(18)14-7-6-12(9-15-14)17(3)10-13-5-4-8-16(13)2/h6-7,9,13H,4-5,8,10H2,1-3H3. The smallest absolute Gasteiger partial charge is 0.178 e. The number of carbonyl (C=O) groups is 1. The average Bonchev–Trinajstić information content (AvgIpc) is 2.75. The first-order valence-electron chi connectivity index (χ1n) is 6.46. The minimum atomic E-state index is 0.0136. The van der Waals surface area contributed by atoms with Gasteiger partial charge in [-0.3, -0.25) is 9.78 Å². The van der Waals surface area contributed by atoms with Crippen molar-refractivity contribution >= 4 is 11.5 Å². The Balaban J connectivity index is 2.00. The minimum absolute atomic E-state index is 0.0136. The number of anilines is 1. The number of nitrogens with zero attached hydrogens (tertiary/aromatic N) is 3. The molecule has 0 radical (unpaired) electrons. The van der Waals surface area contributed by atoms with Crippen LogP contribution in [0.3, 0.4) is 0 Å². The van der Waals surface area contributed by atoms with Crippen LogP contribution in [-0.2, 0) is 0 Å². The van der Waals surface area contributed by atoms with Gasteiger partial charge in [-0.15, -0.1) is 0 Å². The van der Waals surface area contributed by atoms with E-state index in [-0.39, 0.29) is 5.78 Å². The van der Waals surface area contributed by atoms with Crippen molar-refractivity contribution in [1.82, 2.24) is 9.88 Å². The molecule has 2 heterocycles. The van der Waals surface area contributed by atoms with Crippen molar-refractivity contribution in [3.05, 3.63) is 24.0 Å². The Morgan fingerprint density at radius 2 is 2.33 bits per heavy atom. The molecule has 0 aromatic carbocycles. The molecule has 0 N–H and O–H groups in total. The maximum Gasteiger partial charge on any atom is 0.178 e. The molecule has 98 valence electrons. The maximum atomic E-state index is 11.2. The quantitative estimate of drug-likeness (QED) is 0.760. The van der Waals surface area contributed by atoms with Crippen LogP contribution in [0.4, 0.5) is 5.69 Å². The van der Waals surface area contributed by atoms with Crippen molar-refractivity contribution in [2.24, 2.45) is 0 Å². The van der Waals surface area contributed by atoms with Crippen molar-refractivity contribution in [2.45, 2.75) is 25.8 Å². The fourth-order valence-electron chi connectivity index (χ4n) is 2.45. The predicted octanol–water partition coefficient (Wildman–Crippen LogP) is 1.81. The van der Waals surface area contributed by atoms with Crippen LogP contribution >= 0.6 is 0 Å². The van der Waals surface area contributed by atoms with Crippen LogP contribution in [0.1, 0.15) is 30.3 Å². The molecular weight excluding hydrogens is 226 g/mol.